The van der Waals surface area contributed by atoms with Gasteiger partial charge in [0.15, 0.2) is 0 Å². The summed E-state index contributed by atoms with van der Waals surface area (Å²) < 4.78 is 1.19. The van der Waals surface area contributed by atoms with Gasteiger partial charge < -0.3 is 5.32 Å². The molecule has 0 aliphatic carbocycles. The first kappa shape index (κ1) is 13.0. The van der Waals surface area contributed by atoms with E-state index in [-0.39, 0.29) is 5.91 Å². The Morgan fingerprint density at radius 1 is 1.39 bits per heavy atom. The van der Waals surface area contributed by atoms with Gasteiger partial charge in [-0.25, -0.2) is 4.98 Å². The van der Waals surface area contributed by atoms with Crippen molar-refractivity contribution in [3.05, 3.63) is 29.3 Å². The third-order valence-electron chi connectivity index (χ3n) is 2.61. The topological polar surface area (TPSA) is 42.0 Å². The standard InChI is InChI=1S/C14H18N2OS/c1-10(2)9-15-13(17)7-8-14-16-11-5-3-4-6-12(11)18-14/h3-6,10H,7-9H2,1-2H3,(H,15,17). The molecule has 0 radical (unpaired) electrons. The lowest BCUT2D eigenvalue weighted by Crippen LogP contribution is -2.27. The van der Waals surface area contributed by atoms with Gasteiger partial charge in [-0.2, -0.15) is 0 Å². The fraction of sp³-hybridized carbons (Fsp3) is 0.429. The maximum Gasteiger partial charge on any atom is 0.220 e. The monoisotopic (exact) mass is 262 g/mol. The maximum absolute atomic E-state index is 11.6. The largest absolute Gasteiger partial charge is 0.356 e. The van der Waals surface area contributed by atoms with Crippen molar-refractivity contribution in [1.29, 1.82) is 0 Å². The lowest BCUT2D eigenvalue weighted by Gasteiger charge is -2.06. The Hall–Kier alpha value is -1.42. The summed E-state index contributed by atoms with van der Waals surface area (Å²) in [4.78, 5) is 16.1. The van der Waals surface area contributed by atoms with Crippen LogP contribution in [0.5, 0.6) is 0 Å². The first-order valence-electron chi connectivity index (χ1n) is 6.26. The molecule has 3 nitrogen and oxygen atoms in total. The summed E-state index contributed by atoms with van der Waals surface area (Å²) in [5, 5.41) is 3.96. The number of para-hydroxylation sites is 1. The van der Waals surface area contributed by atoms with E-state index in [1.807, 2.05) is 18.2 Å². The third-order valence-corrected chi connectivity index (χ3v) is 3.71. The van der Waals surface area contributed by atoms with E-state index in [2.05, 4.69) is 30.2 Å². The Morgan fingerprint density at radius 2 is 2.17 bits per heavy atom. The maximum atomic E-state index is 11.6. The molecule has 4 heteroatoms. The summed E-state index contributed by atoms with van der Waals surface area (Å²) in [6.45, 7) is 4.93. The number of rotatable bonds is 5. The minimum Gasteiger partial charge on any atom is -0.356 e. The van der Waals surface area contributed by atoms with Gasteiger partial charge in [0.1, 0.15) is 0 Å². The predicted octanol–water partition coefficient (Wildman–Crippen LogP) is 3.00. The Bertz CT molecular complexity index is 500. The fourth-order valence-electron chi connectivity index (χ4n) is 1.65. The van der Waals surface area contributed by atoms with Crippen LogP contribution in [0.2, 0.25) is 0 Å². The lowest BCUT2D eigenvalue weighted by molar-refractivity contribution is -0.121. The molecule has 0 fully saturated rings. The number of aryl methyl sites for hydroxylation is 1. The van der Waals surface area contributed by atoms with Crippen LogP contribution >= 0.6 is 11.3 Å². The summed E-state index contributed by atoms with van der Waals surface area (Å²) in [5.41, 5.74) is 1.03. The van der Waals surface area contributed by atoms with Crippen molar-refractivity contribution in [3.8, 4) is 0 Å². The summed E-state index contributed by atoms with van der Waals surface area (Å²) in [7, 11) is 0. The molecule has 0 saturated heterocycles. The molecule has 0 atom stereocenters. The summed E-state index contributed by atoms with van der Waals surface area (Å²) >= 11 is 1.67. The molecule has 0 aliphatic heterocycles. The van der Waals surface area contributed by atoms with Crippen LogP contribution < -0.4 is 5.32 Å². The number of nitrogens with one attached hydrogen (secondary N) is 1. The highest BCUT2D eigenvalue weighted by atomic mass is 32.1. The highest BCUT2D eigenvalue weighted by Crippen LogP contribution is 2.22. The molecule has 0 aliphatic rings. The van der Waals surface area contributed by atoms with E-state index in [1.54, 1.807) is 11.3 Å². The Kier molecular flexibility index (Phi) is 4.31. The molecule has 1 heterocycles. The van der Waals surface area contributed by atoms with Crippen LogP contribution in [0, 0.1) is 5.92 Å². The number of amides is 1. The molecule has 18 heavy (non-hydrogen) atoms. The van der Waals surface area contributed by atoms with Crippen LogP contribution in [0.25, 0.3) is 10.2 Å². The van der Waals surface area contributed by atoms with E-state index in [1.165, 1.54) is 4.70 Å². The van der Waals surface area contributed by atoms with E-state index in [4.69, 9.17) is 0 Å². The van der Waals surface area contributed by atoms with Crippen molar-refractivity contribution >= 4 is 27.5 Å². The summed E-state index contributed by atoms with van der Waals surface area (Å²) in [6, 6.07) is 8.07. The second-order valence-electron chi connectivity index (χ2n) is 4.77. The van der Waals surface area contributed by atoms with Gasteiger partial charge in [-0.15, -0.1) is 11.3 Å². The van der Waals surface area contributed by atoms with Crippen LogP contribution in [-0.2, 0) is 11.2 Å². The summed E-state index contributed by atoms with van der Waals surface area (Å²) in [6.07, 6.45) is 1.25. The lowest BCUT2D eigenvalue weighted by atomic mass is 10.2. The van der Waals surface area contributed by atoms with Crippen molar-refractivity contribution in [3.63, 3.8) is 0 Å². The van der Waals surface area contributed by atoms with Gasteiger partial charge in [0.05, 0.1) is 15.2 Å². The van der Waals surface area contributed by atoms with Crippen LogP contribution in [0.3, 0.4) is 0 Å². The quantitative estimate of drug-likeness (QED) is 0.900. The number of carbonyl (C=O) groups excluding carboxylic acids is 1. The van der Waals surface area contributed by atoms with E-state index in [0.29, 0.717) is 12.3 Å². The zero-order valence-corrected chi connectivity index (χ0v) is 11.6. The molecule has 0 spiro atoms. The van der Waals surface area contributed by atoms with Crippen LogP contribution in [0.1, 0.15) is 25.3 Å². The molecule has 1 amide bonds. The minimum absolute atomic E-state index is 0.114. The van der Waals surface area contributed by atoms with Crippen molar-refractivity contribution in [2.45, 2.75) is 26.7 Å². The van der Waals surface area contributed by atoms with E-state index in [0.717, 1.165) is 23.5 Å². The minimum atomic E-state index is 0.114. The fourth-order valence-corrected chi connectivity index (χ4v) is 2.62. The number of benzene rings is 1. The molecular formula is C14H18N2OS. The number of hydrogen-bond acceptors (Lipinski definition) is 3. The number of carbonyl (C=O) groups is 1. The zero-order valence-electron chi connectivity index (χ0n) is 10.8. The van der Waals surface area contributed by atoms with Gasteiger partial charge in [0.2, 0.25) is 5.91 Å². The zero-order chi connectivity index (χ0) is 13.0. The SMILES string of the molecule is CC(C)CNC(=O)CCc1nc2ccccc2s1. The Labute approximate surface area is 111 Å². The molecule has 2 aromatic rings. The number of aromatic nitrogens is 1. The van der Waals surface area contributed by atoms with Gasteiger partial charge in [0.25, 0.3) is 0 Å². The third kappa shape index (κ3) is 3.53. The molecule has 0 saturated carbocycles. The molecule has 1 aromatic heterocycles. The summed E-state index contributed by atoms with van der Waals surface area (Å²) in [5.74, 6) is 0.611. The van der Waals surface area contributed by atoms with E-state index in [9.17, 15) is 4.79 Å². The second-order valence-corrected chi connectivity index (χ2v) is 5.89. The van der Waals surface area contributed by atoms with E-state index >= 15 is 0 Å². The predicted molar refractivity (Wildman–Crippen MR) is 75.8 cm³/mol. The number of fused-ring (bicyclic) bond motifs is 1. The Balaban J connectivity index is 1.88. The van der Waals surface area contributed by atoms with Gasteiger partial charge >= 0.3 is 0 Å². The molecule has 1 aromatic carbocycles. The molecule has 0 bridgehead atoms. The molecule has 2 rings (SSSR count). The second kappa shape index (κ2) is 5.96. The number of thiazole rings is 1. The Morgan fingerprint density at radius 3 is 2.89 bits per heavy atom. The highest BCUT2D eigenvalue weighted by molar-refractivity contribution is 7.18. The smallest absolute Gasteiger partial charge is 0.220 e. The molecule has 0 unspecified atom stereocenters. The van der Waals surface area contributed by atoms with Gasteiger partial charge in [-0.05, 0) is 18.1 Å². The van der Waals surface area contributed by atoms with Crippen molar-refractivity contribution < 1.29 is 4.79 Å². The average molecular weight is 262 g/mol. The molecular weight excluding hydrogens is 244 g/mol. The van der Waals surface area contributed by atoms with Gasteiger partial charge in [-0.1, -0.05) is 26.0 Å². The van der Waals surface area contributed by atoms with Crippen molar-refractivity contribution in [1.82, 2.24) is 10.3 Å². The van der Waals surface area contributed by atoms with Crippen LogP contribution in [0.15, 0.2) is 24.3 Å². The average Bonchev–Trinajstić information content (AvgIpc) is 2.76. The van der Waals surface area contributed by atoms with Crippen molar-refractivity contribution in [2.24, 2.45) is 5.92 Å². The first-order valence-corrected chi connectivity index (χ1v) is 7.08. The van der Waals surface area contributed by atoms with Crippen molar-refractivity contribution in [2.75, 3.05) is 6.54 Å². The molecule has 1 N–H and O–H groups in total. The normalized spacial score (nSPS) is 11.1. The number of hydrogen-bond donors (Lipinski definition) is 1. The van der Waals surface area contributed by atoms with Gasteiger partial charge in [0, 0.05) is 19.4 Å². The number of nitrogens with zero attached hydrogens (tertiary/aromatic N) is 1. The van der Waals surface area contributed by atoms with Gasteiger partial charge in [-0.3, -0.25) is 4.79 Å². The van der Waals surface area contributed by atoms with Crippen LogP contribution in [0.4, 0.5) is 0 Å². The van der Waals surface area contributed by atoms with Crippen LogP contribution in [-0.4, -0.2) is 17.4 Å². The molecule has 96 valence electrons. The van der Waals surface area contributed by atoms with E-state index < -0.39 is 0 Å². The highest BCUT2D eigenvalue weighted by Gasteiger charge is 2.07. The first-order chi connectivity index (χ1) is 8.65.